The Morgan fingerprint density at radius 3 is 2.38 bits per heavy atom. The van der Waals surface area contributed by atoms with E-state index in [4.69, 9.17) is 0 Å². The Morgan fingerprint density at radius 1 is 0.957 bits per heavy atom. The van der Waals surface area contributed by atoms with E-state index in [1.165, 1.54) is 17.5 Å². The molecule has 5 aromatic rings. The van der Waals surface area contributed by atoms with E-state index in [2.05, 4.69) is 32.7 Å². The van der Waals surface area contributed by atoms with Crippen LogP contribution in [0.1, 0.15) is 41.7 Å². The van der Waals surface area contributed by atoms with Crippen molar-refractivity contribution < 1.29 is 4.79 Å². The molecule has 0 bridgehead atoms. The third kappa shape index (κ3) is 7.22. The zero-order chi connectivity index (χ0) is 32.8. The lowest BCUT2D eigenvalue weighted by atomic mass is 9.90. The number of rotatable bonds is 8. The number of carbonyl (C=O) groups is 1. The lowest BCUT2D eigenvalue weighted by Gasteiger charge is -2.37. The van der Waals surface area contributed by atoms with Crippen molar-refractivity contribution in [2.75, 3.05) is 10.2 Å². The molecular formula is C36H32N8O2S. The van der Waals surface area contributed by atoms with Crippen molar-refractivity contribution in [2.24, 2.45) is 7.05 Å². The summed E-state index contributed by atoms with van der Waals surface area (Å²) >= 11 is 1.29. The van der Waals surface area contributed by atoms with Gasteiger partial charge in [0.05, 0.1) is 16.6 Å². The van der Waals surface area contributed by atoms with E-state index in [1.54, 1.807) is 42.1 Å². The maximum Gasteiger partial charge on any atom is 0.322 e. The molecule has 0 saturated heterocycles. The molecule has 1 aliphatic carbocycles. The minimum atomic E-state index is -0.159. The number of pyridine rings is 1. The third-order valence-corrected chi connectivity index (χ3v) is 9.32. The molecule has 11 heteroatoms. The largest absolute Gasteiger partial charge is 0.351 e. The van der Waals surface area contributed by atoms with Gasteiger partial charge in [-0.3, -0.25) is 9.69 Å². The van der Waals surface area contributed by atoms with Crippen molar-refractivity contribution in [2.45, 2.75) is 44.3 Å². The first-order chi connectivity index (χ1) is 22.9. The Hall–Kier alpha value is -5.78. The Balaban J connectivity index is 1.18. The van der Waals surface area contributed by atoms with Crippen LogP contribution in [0.3, 0.4) is 0 Å². The number of hydrogen-bond donors (Lipinski definition) is 2. The van der Waals surface area contributed by atoms with Gasteiger partial charge in [0.15, 0.2) is 0 Å². The molecule has 2 aromatic carbocycles. The first-order valence-corrected chi connectivity index (χ1v) is 16.2. The van der Waals surface area contributed by atoms with Gasteiger partial charge in [0.2, 0.25) is 11.5 Å². The Bertz CT molecular complexity index is 2020. The molecular weight excluding hydrogens is 609 g/mol. The average Bonchev–Trinajstić information content (AvgIpc) is 3.60. The molecule has 2 amide bonds. The zero-order valence-corrected chi connectivity index (χ0v) is 26.6. The van der Waals surface area contributed by atoms with E-state index in [1.807, 2.05) is 59.5 Å². The van der Waals surface area contributed by atoms with Gasteiger partial charge in [0, 0.05) is 43.6 Å². The minimum Gasteiger partial charge on any atom is -0.351 e. The van der Waals surface area contributed by atoms with E-state index in [0.29, 0.717) is 28.6 Å². The van der Waals surface area contributed by atoms with Crippen molar-refractivity contribution >= 4 is 29.0 Å². The monoisotopic (exact) mass is 640 g/mol. The first kappa shape index (κ1) is 31.2. The van der Waals surface area contributed by atoms with Gasteiger partial charge >= 0.3 is 6.03 Å². The Kier molecular flexibility index (Phi) is 9.37. The van der Waals surface area contributed by atoms with E-state index in [0.717, 1.165) is 52.9 Å². The summed E-state index contributed by atoms with van der Waals surface area (Å²) in [6.45, 7) is 0.418. The number of nitrogens with zero attached hydrogens (tertiary/aromatic N) is 6. The highest BCUT2D eigenvalue weighted by molar-refractivity contribution is 7.16. The van der Waals surface area contributed by atoms with E-state index in [9.17, 15) is 20.1 Å². The second-order valence-electron chi connectivity index (χ2n) is 11.4. The number of aromatic nitrogens is 3. The fourth-order valence-corrected chi connectivity index (χ4v) is 6.65. The highest BCUT2D eigenvalue weighted by Crippen LogP contribution is 2.32. The average molecular weight is 641 g/mol. The standard InChI is InChI=1S/C36H32N8O2S/c1-43-23-26(9-18-33(43)45)25-7-12-29(13-8-25)44(36(46)40-21-24-5-3-2-4-6-24)30-14-10-28(11-15-30)41-35-39-22-27(19-37)34(42-35)32-17-16-31(20-38)47-32/h2-9,12-13,16-18,22-23,28,30H,10-11,14-15,21H2,1H3,(H,40,46)(H,39,41,42)/t28-,30+. The Morgan fingerprint density at radius 2 is 1.70 bits per heavy atom. The van der Waals surface area contributed by atoms with Gasteiger partial charge in [0.25, 0.3) is 0 Å². The molecule has 3 heterocycles. The molecule has 0 aliphatic heterocycles. The molecule has 47 heavy (non-hydrogen) atoms. The van der Waals surface area contributed by atoms with Crippen LogP contribution in [0.5, 0.6) is 0 Å². The van der Waals surface area contributed by atoms with Crippen LogP contribution in [0, 0.1) is 22.7 Å². The van der Waals surface area contributed by atoms with Crippen molar-refractivity contribution in [1.29, 1.82) is 10.5 Å². The number of urea groups is 1. The van der Waals surface area contributed by atoms with Crippen LogP contribution in [-0.2, 0) is 13.6 Å². The molecule has 0 atom stereocenters. The van der Waals surface area contributed by atoms with Gasteiger partial charge in [-0.1, -0.05) is 42.5 Å². The number of amides is 2. The van der Waals surface area contributed by atoms with Gasteiger partial charge in [-0.2, -0.15) is 10.5 Å². The number of nitrogens with one attached hydrogen (secondary N) is 2. The maximum atomic E-state index is 13.8. The summed E-state index contributed by atoms with van der Waals surface area (Å²) in [5, 5.41) is 25.4. The van der Waals surface area contributed by atoms with Crippen molar-refractivity contribution in [3.63, 3.8) is 0 Å². The van der Waals surface area contributed by atoms with E-state index in [-0.39, 0.29) is 23.7 Å². The van der Waals surface area contributed by atoms with E-state index >= 15 is 0 Å². The normalized spacial score (nSPS) is 15.6. The van der Waals surface area contributed by atoms with Crippen LogP contribution in [0.15, 0.2) is 96.1 Å². The molecule has 234 valence electrons. The molecule has 10 nitrogen and oxygen atoms in total. The predicted molar refractivity (Wildman–Crippen MR) is 183 cm³/mol. The summed E-state index contributed by atoms with van der Waals surface area (Å²) in [7, 11) is 1.73. The number of benzene rings is 2. The van der Waals surface area contributed by atoms with Gasteiger partial charge in [-0.05, 0) is 72.7 Å². The van der Waals surface area contributed by atoms with Crippen LogP contribution in [0.4, 0.5) is 16.4 Å². The van der Waals surface area contributed by atoms with Crippen molar-refractivity contribution in [1.82, 2.24) is 19.9 Å². The zero-order valence-electron chi connectivity index (χ0n) is 25.8. The molecule has 3 aromatic heterocycles. The lowest BCUT2D eigenvalue weighted by molar-refractivity contribution is 0.240. The molecule has 2 N–H and O–H groups in total. The minimum absolute atomic E-state index is 0.0276. The van der Waals surface area contributed by atoms with Crippen LogP contribution < -0.4 is 21.1 Å². The quantitative estimate of drug-likeness (QED) is 0.199. The first-order valence-electron chi connectivity index (χ1n) is 15.3. The highest BCUT2D eigenvalue weighted by Gasteiger charge is 2.30. The summed E-state index contributed by atoms with van der Waals surface area (Å²) in [6.07, 6.45) is 6.43. The second-order valence-corrected chi connectivity index (χ2v) is 12.5. The number of anilines is 2. The fourth-order valence-electron chi connectivity index (χ4n) is 5.84. The summed E-state index contributed by atoms with van der Waals surface area (Å²) in [6, 6.07) is 28.8. The lowest BCUT2D eigenvalue weighted by Crippen LogP contribution is -2.48. The van der Waals surface area contributed by atoms with Crippen LogP contribution in [-0.4, -0.2) is 32.6 Å². The summed E-state index contributed by atoms with van der Waals surface area (Å²) in [5.41, 5.74) is 4.48. The Labute approximate surface area is 276 Å². The molecule has 1 saturated carbocycles. The van der Waals surface area contributed by atoms with Gasteiger partial charge in [0.1, 0.15) is 22.7 Å². The third-order valence-electron chi connectivity index (χ3n) is 8.32. The summed E-state index contributed by atoms with van der Waals surface area (Å²) in [4.78, 5) is 37.8. The number of thiophene rings is 1. The molecule has 0 radical (unpaired) electrons. The molecule has 1 fully saturated rings. The van der Waals surface area contributed by atoms with Crippen molar-refractivity contribution in [3.05, 3.63) is 118 Å². The van der Waals surface area contributed by atoms with E-state index < -0.39 is 0 Å². The van der Waals surface area contributed by atoms with Gasteiger partial charge < -0.3 is 15.2 Å². The molecule has 0 unspecified atom stereocenters. The summed E-state index contributed by atoms with van der Waals surface area (Å²) < 4.78 is 1.55. The number of aryl methyl sites for hydroxylation is 1. The van der Waals surface area contributed by atoms with Crippen LogP contribution in [0.2, 0.25) is 0 Å². The number of hydrogen-bond acceptors (Lipinski definition) is 8. The fraction of sp³-hybridized carbons (Fsp3) is 0.222. The maximum absolute atomic E-state index is 13.8. The highest BCUT2D eigenvalue weighted by atomic mass is 32.1. The SMILES string of the molecule is Cn1cc(-c2ccc(N(C(=O)NCc3ccccc3)[C@H]3CC[C@@H](Nc4ncc(C#N)c(-c5ccc(C#N)s5)n4)CC3)cc2)ccc1=O. The van der Waals surface area contributed by atoms with Gasteiger partial charge in [-0.15, -0.1) is 11.3 Å². The second kappa shape index (κ2) is 14.1. The topological polar surface area (TPSA) is 140 Å². The number of nitriles is 2. The van der Waals surface area contributed by atoms with Gasteiger partial charge in [-0.25, -0.2) is 14.8 Å². The molecule has 0 spiro atoms. The number of carbonyl (C=O) groups excluding carboxylic acids is 1. The summed E-state index contributed by atoms with van der Waals surface area (Å²) in [5.74, 6) is 0.431. The van der Waals surface area contributed by atoms with Crippen LogP contribution in [0.25, 0.3) is 21.7 Å². The molecule has 1 aliphatic rings. The predicted octanol–water partition coefficient (Wildman–Crippen LogP) is 6.45. The van der Waals surface area contributed by atoms with Crippen molar-refractivity contribution in [3.8, 4) is 33.8 Å². The van der Waals surface area contributed by atoms with Crippen LogP contribution >= 0.6 is 11.3 Å². The smallest absolute Gasteiger partial charge is 0.322 e. The molecule has 6 rings (SSSR count).